The largest absolute Gasteiger partial charge is 0.337 e. The van der Waals surface area contributed by atoms with Gasteiger partial charge in [0.25, 0.3) is 5.91 Å². The molecule has 0 aromatic heterocycles. The van der Waals surface area contributed by atoms with Crippen LogP contribution in [0.2, 0.25) is 0 Å². The van der Waals surface area contributed by atoms with Crippen molar-refractivity contribution in [3.05, 3.63) is 0 Å². The molecular formula is C13H21N3O2. The highest BCUT2D eigenvalue weighted by molar-refractivity contribution is 6.39. The number of carbonyl (C=O) groups excluding carboxylic acids is 2. The van der Waals surface area contributed by atoms with Crippen LogP contribution in [-0.4, -0.2) is 47.6 Å². The molecule has 5 heteroatoms. The van der Waals surface area contributed by atoms with Crippen molar-refractivity contribution in [2.24, 2.45) is 11.0 Å². The van der Waals surface area contributed by atoms with Crippen molar-refractivity contribution in [3.63, 3.8) is 0 Å². The van der Waals surface area contributed by atoms with E-state index in [9.17, 15) is 9.59 Å². The van der Waals surface area contributed by atoms with Gasteiger partial charge < -0.3 is 4.90 Å². The summed E-state index contributed by atoms with van der Waals surface area (Å²) in [6.45, 7) is 3.71. The third kappa shape index (κ3) is 3.09. The molecule has 1 heterocycles. The number of hydrazone groups is 1. The Bertz CT molecular complexity index is 374. The number of nitrogens with zero attached hydrogens (tertiary/aromatic N) is 3. The number of hydrogen-bond acceptors (Lipinski definition) is 3. The van der Waals surface area contributed by atoms with Gasteiger partial charge in [0.1, 0.15) is 5.71 Å². The zero-order chi connectivity index (χ0) is 13.1. The van der Waals surface area contributed by atoms with Crippen LogP contribution in [0, 0.1) is 5.92 Å². The van der Waals surface area contributed by atoms with E-state index in [4.69, 9.17) is 0 Å². The first-order chi connectivity index (χ1) is 8.61. The molecule has 1 fully saturated rings. The van der Waals surface area contributed by atoms with Crippen LogP contribution >= 0.6 is 0 Å². The molecule has 1 saturated carbocycles. The molecule has 18 heavy (non-hydrogen) atoms. The monoisotopic (exact) mass is 251 g/mol. The van der Waals surface area contributed by atoms with E-state index >= 15 is 0 Å². The molecule has 0 radical (unpaired) electrons. The zero-order valence-corrected chi connectivity index (χ0v) is 11.2. The molecule has 0 unspecified atom stereocenters. The Labute approximate surface area is 108 Å². The topological polar surface area (TPSA) is 53.0 Å². The predicted molar refractivity (Wildman–Crippen MR) is 69.0 cm³/mol. The van der Waals surface area contributed by atoms with Gasteiger partial charge in [-0.3, -0.25) is 9.59 Å². The first-order valence-electron chi connectivity index (χ1n) is 6.75. The Kier molecular flexibility index (Phi) is 3.99. The van der Waals surface area contributed by atoms with E-state index in [1.807, 2.05) is 4.90 Å². The second-order valence-electron chi connectivity index (χ2n) is 5.16. The van der Waals surface area contributed by atoms with Crippen LogP contribution in [0.3, 0.4) is 0 Å². The molecule has 0 saturated heterocycles. The van der Waals surface area contributed by atoms with Crippen LogP contribution in [0.25, 0.3) is 0 Å². The van der Waals surface area contributed by atoms with E-state index in [1.165, 1.54) is 17.9 Å². The van der Waals surface area contributed by atoms with E-state index < -0.39 is 0 Å². The minimum Gasteiger partial charge on any atom is -0.337 e. The van der Waals surface area contributed by atoms with E-state index in [-0.39, 0.29) is 11.8 Å². The van der Waals surface area contributed by atoms with E-state index in [2.05, 4.69) is 12.0 Å². The third-order valence-electron chi connectivity index (χ3n) is 3.41. The number of rotatable bonds is 5. The van der Waals surface area contributed by atoms with Gasteiger partial charge in [-0.15, -0.1) is 0 Å². The molecule has 1 aliphatic carbocycles. The van der Waals surface area contributed by atoms with Crippen LogP contribution in [0.15, 0.2) is 5.10 Å². The lowest BCUT2D eigenvalue weighted by Gasteiger charge is -2.25. The van der Waals surface area contributed by atoms with Crippen molar-refractivity contribution < 1.29 is 9.59 Å². The molecule has 1 aliphatic heterocycles. The van der Waals surface area contributed by atoms with Crippen LogP contribution in [0.4, 0.5) is 0 Å². The van der Waals surface area contributed by atoms with E-state index in [0.29, 0.717) is 24.5 Å². The van der Waals surface area contributed by atoms with E-state index in [0.717, 1.165) is 19.5 Å². The molecule has 0 spiro atoms. The van der Waals surface area contributed by atoms with Crippen LogP contribution in [0.5, 0.6) is 0 Å². The molecule has 0 N–H and O–H groups in total. The van der Waals surface area contributed by atoms with Crippen molar-refractivity contribution in [2.45, 2.75) is 39.0 Å². The van der Waals surface area contributed by atoms with Crippen LogP contribution in [0.1, 0.15) is 39.0 Å². The summed E-state index contributed by atoms with van der Waals surface area (Å²) >= 11 is 0. The fourth-order valence-electron chi connectivity index (χ4n) is 2.16. The highest BCUT2D eigenvalue weighted by Gasteiger charge is 2.30. The van der Waals surface area contributed by atoms with Crippen LogP contribution in [-0.2, 0) is 9.59 Å². The number of carbonyl (C=O) groups is 2. The third-order valence-corrected chi connectivity index (χ3v) is 3.41. The Balaban J connectivity index is 2.02. The van der Waals surface area contributed by atoms with Crippen molar-refractivity contribution in [1.82, 2.24) is 9.91 Å². The Morgan fingerprint density at radius 1 is 1.44 bits per heavy atom. The Morgan fingerprint density at radius 3 is 2.72 bits per heavy atom. The lowest BCUT2D eigenvalue weighted by atomic mass is 10.1. The molecule has 2 rings (SSSR count). The maximum atomic E-state index is 12.4. The molecule has 5 nitrogen and oxygen atoms in total. The van der Waals surface area contributed by atoms with Crippen molar-refractivity contribution in [3.8, 4) is 0 Å². The van der Waals surface area contributed by atoms with Gasteiger partial charge in [-0.05, 0) is 25.2 Å². The highest BCUT2D eigenvalue weighted by Crippen LogP contribution is 2.30. The summed E-state index contributed by atoms with van der Waals surface area (Å²) in [5.41, 5.74) is 0.534. The maximum Gasteiger partial charge on any atom is 0.270 e. The fourth-order valence-corrected chi connectivity index (χ4v) is 2.16. The van der Waals surface area contributed by atoms with Gasteiger partial charge in [0.15, 0.2) is 0 Å². The normalized spacial score (nSPS) is 19.8. The van der Waals surface area contributed by atoms with Gasteiger partial charge in [-0.2, -0.15) is 5.10 Å². The quantitative estimate of drug-likeness (QED) is 0.738. The average Bonchev–Trinajstić information content (AvgIpc) is 3.15. The second-order valence-corrected chi connectivity index (χ2v) is 5.16. The molecule has 2 amide bonds. The number of hydrogen-bond donors (Lipinski definition) is 0. The minimum atomic E-state index is -0.0178. The SMILES string of the molecule is CCCN(CC1CC1)C(=O)C1=NN(C)C(=O)CC1. The highest BCUT2D eigenvalue weighted by atomic mass is 16.2. The van der Waals surface area contributed by atoms with Gasteiger partial charge in [0.2, 0.25) is 5.91 Å². The second kappa shape index (κ2) is 5.50. The van der Waals surface area contributed by atoms with Gasteiger partial charge in [-0.25, -0.2) is 5.01 Å². The van der Waals surface area contributed by atoms with Gasteiger partial charge in [0.05, 0.1) is 0 Å². The molecule has 2 aliphatic rings. The maximum absolute atomic E-state index is 12.4. The lowest BCUT2D eigenvalue weighted by Crippen LogP contribution is -2.41. The van der Waals surface area contributed by atoms with Gasteiger partial charge in [0, 0.05) is 33.0 Å². The van der Waals surface area contributed by atoms with Gasteiger partial charge >= 0.3 is 0 Å². The summed E-state index contributed by atoms with van der Waals surface area (Å²) in [6.07, 6.45) is 4.30. The summed E-state index contributed by atoms with van der Waals surface area (Å²) in [6, 6.07) is 0. The zero-order valence-electron chi connectivity index (χ0n) is 11.2. The molecule has 0 atom stereocenters. The summed E-state index contributed by atoms with van der Waals surface area (Å²) < 4.78 is 0. The molecule has 0 aromatic rings. The molecule has 100 valence electrons. The fraction of sp³-hybridized carbons (Fsp3) is 0.769. The molecule has 0 bridgehead atoms. The smallest absolute Gasteiger partial charge is 0.270 e. The standard InChI is InChI=1S/C13H21N3O2/c1-3-8-16(9-10-4-5-10)13(18)11-6-7-12(17)15(2)14-11/h10H,3-9H2,1-2H3. The summed E-state index contributed by atoms with van der Waals surface area (Å²) in [5, 5.41) is 5.39. The summed E-state index contributed by atoms with van der Waals surface area (Å²) in [7, 11) is 1.61. The van der Waals surface area contributed by atoms with Crippen molar-refractivity contribution >= 4 is 17.5 Å². The minimum absolute atomic E-state index is 0.0168. The van der Waals surface area contributed by atoms with Crippen molar-refractivity contribution in [1.29, 1.82) is 0 Å². The Hall–Kier alpha value is -1.39. The van der Waals surface area contributed by atoms with Crippen molar-refractivity contribution in [2.75, 3.05) is 20.1 Å². The van der Waals surface area contributed by atoms with Crippen LogP contribution < -0.4 is 0 Å². The average molecular weight is 251 g/mol. The summed E-state index contributed by atoms with van der Waals surface area (Å²) in [5.74, 6) is 0.683. The van der Waals surface area contributed by atoms with Gasteiger partial charge in [-0.1, -0.05) is 6.92 Å². The van der Waals surface area contributed by atoms with E-state index in [1.54, 1.807) is 7.05 Å². The first kappa shape index (κ1) is 13.1. The molecular weight excluding hydrogens is 230 g/mol. The first-order valence-corrected chi connectivity index (χ1v) is 6.75. The number of amides is 2. The summed E-state index contributed by atoms with van der Waals surface area (Å²) in [4.78, 5) is 25.6. The molecule has 0 aromatic carbocycles. The lowest BCUT2D eigenvalue weighted by molar-refractivity contribution is -0.130. The Morgan fingerprint density at radius 2 is 2.17 bits per heavy atom. The predicted octanol–water partition coefficient (Wildman–Crippen LogP) is 1.24.